The van der Waals surface area contributed by atoms with Crippen molar-refractivity contribution in [3.05, 3.63) is 29.8 Å². The molecule has 0 aliphatic heterocycles. The molecule has 5 nitrogen and oxygen atoms in total. The van der Waals surface area contributed by atoms with Crippen LogP contribution in [-0.4, -0.2) is 49.3 Å². The molecule has 0 saturated heterocycles. The van der Waals surface area contributed by atoms with Crippen LogP contribution in [0.4, 0.5) is 0 Å². The third kappa shape index (κ3) is 5.13. The third-order valence-corrected chi connectivity index (χ3v) is 4.37. The number of methoxy groups -OCH3 is 1. The summed E-state index contributed by atoms with van der Waals surface area (Å²) >= 11 is 0. The molecule has 1 aliphatic rings. The zero-order valence-electron chi connectivity index (χ0n) is 14.5. The lowest BCUT2D eigenvalue weighted by molar-refractivity contribution is 0.136. The second kappa shape index (κ2) is 8.77. The van der Waals surface area contributed by atoms with Crippen molar-refractivity contribution in [3.8, 4) is 5.75 Å². The number of guanidine groups is 1. The van der Waals surface area contributed by atoms with Gasteiger partial charge in [0.15, 0.2) is 5.96 Å². The number of aliphatic hydroxyl groups is 1. The lowest BCUT2D eigenvalue weighted by atomic mass is 10.1. The molecular weight excluding hydrogens is 290 g/mol. The van der Waals surface area contributed by atoms with E-state index in [9.17, 15) is 5.11 Å². The van der Waals surface area contributed by atoms with Crippen molar-refractivity contribution < 1.29 is 9.84 Å². The predicted octanol–water partition coefficient (Wildman–Crippen LogP) is 2.25. The van der Waals surface area contributed by atoms with Gasteiger partial charge in [-0.1, -0.05) is 18.6 Å². The van der Waals surface area contributed by atoms with Crippen molar-refractivity contribution >= 4 is 5.96 Å². The zero-order valence-corrected chi connectivity index (χ0v) is 14.5. The summed E-state index contributed by atoms with van der Waals surface area (Å²) in [7, 11) is 3.71. The van der Waals surface area contributed by atoms with Crippen molar-refractivity contribution in [2.45, 2.75) is 38.8 Å². The van der Waals surface area contributed by atoms with Gasteiger partial charge in [-0.15, -0.1) is 0 Å². The molecule has 5 heteroatoms. The molecule has 0 aromatic heterocycles. The molecule has 1 aromatic rings. The van der Waals surface area contributed by atoms with Crippen molar-refractivity contribution in [1.29, 1.82) is 0 Å². The molecule has 128 valence electrons. The number of aliphatic hydroxyl groups excluding tert-OH is 1. The van der Waals surface area contributed by atoms with Crippen LogP contribution in [0.1, 0.15) is 31.7 Å². The van der Waals surface area contributed by atoms with Gasteiger partial charge in [-0.2, -0.15) is 0 Å². The van der Waals surface area contributed by atoms with Gasteiger partial charge in [-0.25, -0.2) is 0 Å². The maximum absolute atomic E-state index is 9.94. The minimum Gasteiger partial charge on any atom is -0.497 e. The van der Waals surface area contributed by atoms with Crippen LogP contribution >= 0.6 is 0 Å². The quantitative estimate of drug-likeness (QED) is 0.624. The number of hydrogen-bond acceptors (Lipinski definition) is 3. The van der Waals surface area contributed by atoms with E-state index in [1.165, 1.54) is 5.56 Å². The SMILES string of the molecule is CCNC(=NCC1CCCC1O)N(C)Cc1ccc(OC)cc1. The Morgan fingerprint density at radius 2 is 2.09 bits per heavy atom. The third-order valence-electron chi connectivity index (χ3n) is 4.37. The molecule has 0 amide bonds. The van der Waals surface area contributed by atoms with Gasteiger partial charge in [-0.05, 0) is 37.5 Å². The van der Waals surface area contributed by atoms with Gasteiger partial charge < -0.3 is 20.1 Å². The molecule has 0 spiro atoms. The Hall–Kier alpha value is -1.75. The first-order valence-corrected chi connectivity index (χ1v) is 8.44. The second-order valence-corrected chi connectivity index (χ2v) is 6.16. The average Bonchev–Trinajstić information content (AvgIpc) is 2.97. The van der Waals surface area contributed by atoms with Crippen molar-refractivity contribution in [3.63, 3.8) is 0 Å². The average molecular weight is 319 g/mol. The molecule has 1 aliphatic carbocycles. The molecule has 0 bridgehead atoms. The van der Waals surface area contributed by atoms with E-state index >= 15 is 0 Å². The van der Waals surface area contributed by atoms with Gasteiger partial charge in [0.2, 0.25) is 0 Å². The van der Waals surface area contributed by atoms with E-state index in [-0.39, 0.29) is 6.10 Å². The molecule has 2 unspecified atom stereocenters. The smallest absolute Gasteiger partial charge is 0.193 e. The minimum atomic E-state index is -0.187. The summed E-state index contributed by atoms with van der Waals surface area (Å²) in [4.78, 5) is 6.84. The number of nitrogens with zero attached hydrogens (tertiary/aromatic N) is 2. The van der Waals surface area contributed by atoms with E-state index < -0.39 is 0 Å². The molecule has 2 atom stereocenters. The number of aliphatic imine (C=N–C) groups is 1. The molecular formula is C18H29N3O2. The first-order valence-electron chi connectivity index (χ1n) is 8.44. The Morgan fingerprint density at radius 3 is 2.65 bits per heavy atom. The Kier molecular flexibility index (Phi) is 6.71. The summed E-state index contributed by atoms with van der Waals surface area (Å²) in [5, 5.41) is 13.3. The summed E-state index contributed by atoms with van der Waals surface area (Å²) in [6, 6.07) is 8.09. The van der Waals surface area contributed by atoms with Gasteiger partial charge in [0.25, 0.3) is 0 Å². The summed E-state index contributed by atoms with van der Waals surface area (Å²) in [5.74, 6) is 2.06. The zero-order chi connectivity index (χ0) is 16.7. The summed E-state index contributed by atoms with van der Waals surface area (Å²) in [6.45, 7) is 4.37. The number of ether oxygens (including phenoxy) is 1. The fourth-order valence-corrected chi connectivity index (χ4v) is 2.98. The first-order chi connectivity index (χ1) is 11.1. The van der Waals surface area contributed by atoms with Crippen LogP contribution in [-0.2, 0) is 6.54 Å². The maximum atomic E-state index is 9.94. The van der Waals surface area contributed by atoms with Crippen LogP contribution in [0.2, 0.25) is 0 Å². The second-order valence-electron chi connectivity index (χ2n) is 6.16. The summed E-state index contributed by atoms with van der Waals surface area (Å²) in [5.41, 5.74) is 1.21. The van der Waals surface area contributed by atoms with E-state index in [1.807, 2.05) is 19.2 Å². The fraction of sp³-hybridized carbons (Fsp3) is 0.611. The molecule has 1 aromatic carbocycles. The topological polar surface area (TPSA) is 57.1 Å². The lowest BCUT2D eigenvalue weighted by Gasteiger charge is -2.23. The van der Waals surface area contributed by atoms with E-state index in [0.717, 1.165) is 44.1 Å². The van der Waals surface area contributed by atoms with Gasteiger partial charge in [0, 0.05) is 32.6 Å². The van der Waals surface area contributed by atoms with Crippen molar-refractivity contribution in [2.75, 3.05) is 27.2 Å². The van der Waals surface area contributed by atoms with Crippen LogP contribution in [0.5, 0.6) is 5.75 Å². The monoisotopic (exact) mass is 319 g/mol. The van der Waals surface area contributed by atoms with Gasteiger partial charge in [0.1, 0.15) is 5.75 Å². The molecule has 2 rings (SSSR count). The van der Waals surface area contributed by atoms with Crippen LogP contribution in [0, 0.1) is 5.92 Å². The Morgan fingerprint density at radius 1 is 1.35 bits per heavy atom. The Labute approximate surface area is 139 Å². The van der Waals surface area contributed by atoms with Gasteiger partial charge in [0.05, 0.1) is 13.2 Å². The molecule has 0 heterocycles. The lowest BCUT2D eigenvalue weighted by Crippen LogP contribution is -2.39. The van der Waals surface area contributed by atoms with Crippen molar-refractivity contribution in [2.24, 2.45) is 10.9 Å². The summed E-state index contributed by atoms with van der Waals surface area (Å²) in [6.07, 6.45) is 2.91. The van der Waals surface area contributed by atoms with Crippen LogP contribution in [0.25, 0.3) is 0 Å². The fourth-order valence-electron chi connectivity index (χ4n) is 2.98. The van der Waals surface area contributed by atoms with Crippen molar-refractivity contribution in [1.82, 2.24) is 10.2 Å². The number of nitrogens with one attached hydrogen (secondary N) is 1. The largest absolute Gasteiger partial charge is 0.497 e. The molecule has 23 heavy (non-hydrogen) atoms. The minimum absolute atomic E-state index is 0.187. The van der Waals surface area contributed by atoms with Crippen LogP contribution < -0.4 is 10.1 Å². The van der Waals surface area contributed by atoms with Gasteiger partial charge in [-0.3, -0.25) is 4.99 Å². The first kappa shape index (κ1) is 17.6. The Bertz CT molecular complexity index is 501. The predicted molar refractivity (Wildman–Crippen MR) is 93.8 cm³/mol. The van der Waals surface area contributed by atoms with Gasteiger partial charge >= 0.3 is 0 Å². The normalized spacial score (nSPS) is 21.3. The molecule has 0 radical (unpaired) electrons. The van der Waals surface area contributed by atoms with E-state index in [2.05, 4.69) is 29.3 Å². The highest BCUT2D eigenvalue weighted by Crippen LogP contribution is 2.25. The van der Waals surface area contributed by atoms with E-state index in [4.69, 9.17) is 9.73 Å². The maximum Gasteiger partial charge on any atom is 0.193 e. The van der Waals surface area contributed by atoms with Crippen LogP contribution in [0.3, 0.4) is 0 Å². The highest BCUT2D eigenvalue weighted by atomic mass is 16.5. The number of rotatable bonds is 6. The molecule has 1 saturated carbocycles. The van der Waals surface area contributed by atoms with Crippen LogP contribution in [0.15, 0.2) is 29.3 Å². The highest BCUT2D eigenvalue weighted by molar-refractivity contribution is 5.79. The Balaban J connectivity index is 1.97. The molecule has 1 fully saturated rings. The highest BCUT2D eigenvalue weighted by Gasteiger charge is 2.25. The number of benzene rings is 1. The standard InChI is InChI=1S/C18H29N3O2/c1-4-19-18(20-12-15-6-5-7-17(15)22)21(2)13-14-8-10-16(23-3)11-9-14/h8-11,15,17,22H,4-7,12-13H2,1-3H3,(H,19,20). The van der Waals surface area contributed by atoms with E-state index in [1.54, 1.807) is 7.11 Å². The van der Waals surface area contributed by atoms with E-state index in [0.29, 0.717) is 12.5 Å². The number of hydrogen-bond donors (Lipinski definition) is 2. The molecule has 2 N–H and O–H groups in total. The summed E-state index contributed by atoms with van der Waals surface area (Å²) < 4.78 is 5.19.